The second-order valence-corrected chi connectivity index (χ2v) is 7.45. The average molecular weight is 365 g/mol. The first-order chi connectivity index (χ1) is 13.3. The van der Waals surface area contributed by atoms with E-state index in [0.29, 0.717) is 30.1 Å². The van der Waals surface area contributed by atoms with Gasteiger partial charge in [-0.2, -0.15) is 0 Å². The molecule has 7 nitrogen and oxygen atoms in total. The highest BCUT2D eigenvalue weighted by Crippen LogP contribution is 2.32. The molecule has 0 unspecified atom stereocenters. The maximum absolute atomic E-state index is 5.88. The Morgan fingerprint density at radius 3 is 2.74 bits per heavy atom. The van der Waals surface area contributed by atoms with Gasteiger partial charge in [-0.25, -0.2) is 0 Å². The zero-order valence-electron chi connectivity index (χ0n) is 15.2. The number of aromatic nitrogens is 3. The summed E-state index contributed by atoms with van der Waals surface area (Å²) in [6.45, 7) is 5.04. The lowest BCUT2D eigenvalue weighted by Crippen LogP contribution is -2.56. The van der Waals surface area contributed by atoms with Gasteiger partial charge in [-0.15, -0.1) is 10.2 Å². The van der Waals surface area contributed by atoms with Gasteiger partial charge in [-0.3, -0.25) is 9.88 Å². The molecular weight excluding hydrogens is 342 g/mol. The zero-order valence-corrected chi connectivity index (χ0v) is 15.2. The molecule has 3 saturated heterocycles. The summed E-state index contributed by atoms with van der Waals surface area (Å²) >= 11 is 0. The van der Waals surface area contributed by atoms with Crippen molar-refractivity contribution in [3.8, 4) is 11.7 Å². The Labute approximate surface area is 158 Å². The fourth-order valence-electron chi connectivity index (χ4n) is 4.36. The van der Waals surface area contributed by atoms with E-state index in [9.17, 15) is 0 Å². The molecule has 0 amide bonds. The van der Waals surface area contributed by atoms with Gasteiger partial charge in [0.05, 0.1) is 12.8 Å². The highest BCUT2D eigenvalue weighted by molar-refractivity contribution is 5.42. The number of hydrogen-bond donors (Lipinski definition) is 0. The molecule has 0 N–H and O–H groups in total. The lowest BCUT2D eigenvalue weighted by molar-refractivity contribution is -0.00590. The largest absolute Gasteiger partial charge is 0.459 e. The number of piperidine rings is 3. The molecular formula is C20H23N5O2. The van der Waals surface area contributed by atoms with Crippen LogP contribution >= 0.6 is 0 Å². The third-order valence-electron chi connectivity index (χ3n) is 5.74. The second-order valence-electron chi connectivity index (χ2n) is 7.45. The summed E-state index contributed by atoms with van der Waals surface area (Å²) in [5, 5.41) is 8.41. The number of pyridine rings is 1. The summed E-state index contributed by atoms with van der Waals surface area (Å²) in [5.74, 6) is 2.40. The van der Waals surface area contributed by atoms with E-state index in [1.807, 2.05) is 30.6 Å². The minimum atomic E-state index is 0.435. The van der Waals surface area contributed by atoms with Crippen molar-refractivity contribution in [1.82, 2.24) is 25.0 Å². The molecule has 2 bridgehead atoms. The smallest absolute Gasteiger partial charge is 0.283 e. The van der Waals surface area contributed by atoms with Crippen LogP contribution < -0.4 is 0 Å². The average Bonchev–Trinajstić information content (AvgIpc) is 3.41. The normalized spacial score (nSPS) is 24.6. The van der Waals surface area contributed by atoms with Crippen LogP contribution in [0.4, 0.5) is 0 Å². The van der Waals surface area contributed by atoms with Crippen LogP contribution in [0, 0.1) is 5.92 Å². The molecule has 0 radical (unpaired) electrons. The van der Waals surface area contributed by atoms with Gasteiger partial charge in [0.15, 0.2) is 5.76 Å². The van der Waals surface area contributed by atoms with Gasteiger partial charge in [-0.05, 0) is 55.6 Å². The Kier molecular flexibility index (Phi) is 4.47. The number of hydrogen-bond acceptors (Lipinski definition) is 7. The van der Waals surface area contributed by atoms with E-state index >= 15 is 0 Å². The molecule has 1 atom stereocenters. The van der Waals surface area contributed by atoms with E-state index in [1.165, 1.54) is 31.5 Å². The zero-order chi connectivity index (χ0) is 18.1. The molecule has 0 aromatic carbocycles. The van der Waals surface area contributed by atoms with E-state index in [1.54, 1.807) is 6.26 Å². The van der Waals surface area contributed by atoms with Gasteiger partial charge >= 0.3 is 0 Å². The van der Waals surface area contributed by atoms with Gasteiger partial charge in [-0.1, -0.05) is 6.07 Å². The van der Waals surface area contributed by atoms with Crippen LogP contribution in [-0.2, 0) is 13.1 Å². The van der Waals surface area contributed by atoms with Crippen molar-refractivity contribution in [1.29, 1.82) is 0 Å². The van der Waals surface area contributed by atoms with Gasteiger partial charge in [0.25, 0.3) is 5.89 Å². The maximum Gasteiger partial charge on any atom is 0.283 e. The summed E-state index contributed by atoms with van der Waals surface area (Å²) in [4.78, 5) is 9.33. The molecule has 0 saturated carbocycles. The van der Waals surface area contributed by atoms with Gasteiger partial charge in [0.2, 0.25) is 5.89 Å². The lowest BCUT2D eigenvalue weighted by Gasteiger charge is -2.48. The van der Waals surface area contributed by atoms with Crippen molar-refractivity contribution >= 4 is 0 Å². The molecule has 6 heterocycles. The van der Waals surface area contributed by atoms with Crippen LogP contribution in [0.25, 0.3) is 11.7 Å². The fourth-order valence-corrected chi connectivity index (χ4v) is 4.36. The Morgan fingerprint density at radius 1 is 1.11 bits per heavy atom. The van der Waals surface area contributed by atoms with Crippen molar-refractivity contribution < 1.29 is 8.83 Å². The third-order valence-corrected chi connectivity index (χ3v) is 5.74. The first-order valence-corrected chi connectivity index (χ1v) is 9.57. The topological polar surface area (TPSA) is 71.4 Å². The van der Waals surface area contributed by atoms with Crippen molar-refractivity contribution in [2.24, 2.45) is 5.92 Å². The fraction of sp³-hybridized carbons (Fsp3) is 0.450. The molecule has 6 rings (SSSR count). The summed E-state index contributed by atoms with van der Waals surface area (Å²) in [7, 11) is 0. The van der Waals surface area contributed by atoms with Crippen LogP contribution in [0.2, 0.25) is 0 Å². The van der Waals surface area contributed by atoms with Crippen LogP contribution in [-0.4, -0.2) is 50.7 Å². The molecule has 140 valence electrons. The highest BCUT2D eigenvalue weighted by Gasteiger charge is 2.38. The minimum absolute atomic E-state index is 0.435. The Morgan fingerprint density at radius 2 is 2.04 bits per heavy atom. The minimum Gasteiger partial charge on any atom is -0.459 e. The van der Waals surface area contributed by atoms with Crippen molar-refractivity contribution in [2.75, 3.05) is 19.6 Å². The molecule has 3 aliphatic rings. The van der Waals surface area contributed by atoms with Crippen LogP contribution in [0.5, 0.6) is 0 Å². The second kappa shape index (κ2) is 7.25. The first-order valence-electron chi connectivity index (χ1n) is 9.57. The van der Waals surface area contributed by atoms with Crippen LogP contribution in [0.3, 0.4) is 0 Å². The third kappa shape index (κ3) is 3.52. The first kappa shape index (κ1) is 16.6. The quantitative estimate of drug-likeness (QED) is 0.665. The highest BCUT2D eigenvalue weighted by atomic mass is 16.4. The lowest BCUT2D eigenvalue weighted by atomic mass is 9.83. The molecule has 3 aromatic heterocycles. The van der Waals surface area contributed by atoms with E-state index in [4.69, 9.17) is 8.83 Å². The summed E-state index contributed by atoms with van der Waals surface area (Å²) < 4.78 is 11.2. The standard InChI is InChI=1S/C20H23N5O2/c1-3-15(11-21-7-1)12-25(17-13-24-8-5-16(17)6-9-24)14-19-22-23-20(27-19)18-4-2-10-26-18/h1-4,7,10-11,16-17H,5-6,8-9,12-14H2/t17-/m0/s1. The van der Waals surface area contributed by atoms with Crippen LogP contribution in [0.15, 0.2) is 51.8 Å². The van der Waals surface area contributed by atoms with Crippen molar-refractivity contribution in [3.63, 3.8) is 0 Å². The number of fused-ring (bicyclic) bond motifs is 3. The summed E-state index contributed by atoms with van der Waals surface area (Å²) in [6.07, 6.45) is 7.92. The summed E-state index contributed by atoms with van der Waals surface area (Å²) in [5.41, 5.74) is 1.21. The van der Waals surface area contributed by atoms with Crippen LogP contribution in [0.1, 0.15) is 24.3 Å². The Hall–Kier alpha value is -2.51. The summed E-state index contributed by atoms with van der Waals surface area (Å²) in [6, 6.07) is 8.28. The van der Waals surface area contributed by atoms with Crippen molar-refractivity contribution in [3.05, 3.63) is 54.4 Å². The molecule has 0 aliphatic carbocycles. The molecule has 0 spiro atoms. The van der Waals surface area contributed by atoms with Crippen molar-refractivity contribution in [2.45, 2.75) is 32.0 Å². The predicted octanol–water partition coefficient (Wildman–Crippen LogP) is 2.82. The monoisotopic (exact) mass is 365 g/mol. The maximum atomic E-state index is 5.88. The molecule has 3 aromatic rings. The molecule has 3 aliphatic heterocycles. The SMILES string of the molecule is c1cncc(CN(Cc2nnc(-c3ccco3)o2)[C@H]2CN3CCC2CC3)c1. The Balaban J connectivity index is 1.38. The van der Waals surface area contributed by atoms with Gasteiger partial charge < -0.3 is 13.7 Å². The molecule has 3 fully saturated rings. The number of rotatable bonds is 6. The number of nitrogens with zero attached hydrogens (tertiary/aromatic N) is 5. The van der Waals surface area contributed by atoms with E-state index < -0.39 is 0 Å². The van der Waals surface area contributed by atoms with E-state index in [-0.39, 0.29) is 0 Å². The van der Waals surface area contributed by atoms with E-state index in [2.05, 4.69) is 31.0 Å². The molecule has 7 heteroatoms. The van der Waals surface area contributed by atoms with E-state index in [0.717, 1.165) is 19.0 Å². The Bertz CT molecular complexity index is 856. The van der Waals surface area contributed by atoms with Gasteiger partial charge in [0, 0.05) is 31.5 Å². The predicted molar refractivity (Wildman–Crippen MR) is 98.4 cm³/mol. The molecule has 27 heavy (non-hydrogen) atoms. The number of furan rings is 1. The van der Waals surface area contributed by atoms with Gasteiger partial charge in [0.1, 0.15) is 0 Å².